The molecule has 3 rings (SSSR count). The number of rotatable bonds is 3. The third-order valence-corrected chi connectivity index (χ3v) is 6.29. The summed E-state index contributed by atoms with van der Waals surface area (Å²) in [7, 11) is 0. The van der Waals surface area contributed by atoms with E-state index in [1.54, 1.807) is 6.20 Å². The zero-order valence-electron chi connectivity index (χ0n) is 11.5. The second-order valence-corrected chi connectivity index (χ2v) is 7.44. The van der Waals surface area contributed by atoms with Crippen LogP contribution in [0.3, 0.4) is 0 Å². The normalized spacial score (nSPS) is 18.6. The monoisotopic (exact) mass is 319 g/mol. The Morgan fingerprint density at radius 3 is 2.90 bits per heavy atom. The van der Waals surface area contributed by atoms with Crippen molar-refractivity contribution in [2.24, 2.45) is 0 Å². The van der Waals surface area contributed by atoms with Gasteiger partial charge in [0, 0.05) is 40.6 Å². The Hall–Kier alpha value is -1.40. The predicted molar refractivity (Wildman–Crippen MR) is 92.1 cm³/mol. The Balaban J connectivity index is 1.77. The van der Waals surface area contributed by atoms with Gasteiger partial charge >= 0.3 is 0 Å². The van der Waals surface area contributed by atoms with Gasteiger partial charge in [0.15, 0.2) is 0 Å². The maximum atomic E-state index is 12.4. The molecule has 0 bridgehead atoms. The van der Waals surface area contributed by atoms with Crippen LogP contribution in [0.1, 0.15) is 10.4 Å². The topological polar surface area (TPSA) is 68.0 Å². The number of fused-ring (bicyclic) bond motifs is 1. The van der Waals surface area contributed by atoms with Crippen molar-refractivity contribution in [2.75, 3.05) is 29.5 Å². The lowest BCUT2D eigenvalue weighted by Gasteiger charge is -2.21. The molecule has 1 unspecified atom stereocenters. The van der Waals surface area contributed by atoms with Crippen molar-refractivity contribution in [2.45, 2.75) is 5.25 Å². The quantitative estimate of drug-likeness (QED) is 0.909. The fourth-order valence-electron chi connectivity index (χ4n) is 2.35. The molecule has 4 nitrogen and oxygen atoms in total. The number of thioether (sulfide) groups is 2. The summed E-state index contributed by atoms with van der Waals surface area (Å²) in [6.07, 6.45) is 1.57. The lowest BCUT2D eigenvalue weighted by Crippen LogP contribution is -2.33. The van der Waals surface area contributed by atoms with Crippen LogP contribution in [0.2, 0.25) is 0 Å². The lowest BCUT2D eigenvalue weighted by atomic mass is 10.1. The van der Waals surface area contributed by atoms with Crippen LogP contribution in [0.5, 0.6) is 0 Å². The van der Waals surface area contributed by atoms with Crippen molar-refractivity contribution in [3.63, 3.8) is 0 Å². The van der Waals surface area contributed by atoms with E-state index in [4.69, 9.17) is 5.73 Å². The van der Waals surface area contributed by atoms with Crippen molar-refractivity contribution in [1.29, 1.82) is 0 Å². The summed E-state index contributed by atoms with van der Waals surface area (Å²) in [6, 6.07) is 7.61. The number of carbonyl (C=O) groups is 1. The summed E-state index contributed by atoms with van der Waals surface area (Å²) in [5.74, 6) is 3.86. The van der Waals surface area contributed by atoms with Gasteiger partial charge in [0.05, 0.1) is 5.56 Å². The van der Waals surface area contributed by atoms with E-state index in [9.17, 15) is 4.79 Å². The molecular weight excluding hydrogens is 302 g/mol. The molecule has 1 aliphatic rings. The van der Waals surface area contributed by atoms with E-state index >= 15 is 0 Å². The van der Waals surface area contributed by atoms with E-state index in [2.05, 4.69) is 10.3 Å². The summed E-state index contributed by atoms with van der Waals surface area (Å²) >= 11 is 3.89. The first kappa shape index (κ1) is 14.5. The van der Waals surface area contributed by atoms with Crippen LogP contribution in [-0.2, 0) is 0 Å². The molecule has 0 saturated carbocycles. The number of carbonyl (C=O) groups excluding carboxylic acids is 1. The first-order chi connectivity index (χ1) is 10.3. The number of anilines is 1. The van der Waals surface area contributed by atoms with E-state index in [0.717, 1.165) is 22.3 Å². The molecule has 110 valence electrons. The second-order valence-electron chi connectivity index (χ2n) is 4.88. The molecule has 0 radical (unpaired) electrons. The third kappa shape index (κ3) is 3.27. The predicted octanol–water partition coefficient (Wildman–Crippen LogP) is 2.40. The second kappa shape index (κ2) is 6.58. The fourth-order valence-corrected chi connectivity index (χ4v) is 4.96. The number of benzene rings is 1. The number of amides is 1. The van der Waals surface area contributed by atoms with Gasteiger partial charge in [-0.3, -0.25) is 4.79 Å². The van der Waals surface area contributed by atoms with Crippen LogP contribution >= 0.6 is 23.5 Å². The Kier molecular flexibility index (Phi) is 4.55. The average molecular weight is 319 g/mol. The number of nitrogens with one attached hydrogen (secondary N) is 1. The van der Waals surface area contributed by atoms with Crippen LogP contribution in [0.15, 0.2) is 30.5 Å². The third-order valence-electron chi connectivity index (χ3n) is 3.45. The van der Waals surface area contributed by atoms with Gasteiger partial charge in [-0.15, -0.1) is 0 Å². The van der Waals surface area contributed by atoms with Crippen LogP contribution in [0, 0.1) is 0 Å². The maximum absolute atomic E-state index is 12.4. The summed E-state index contributed by atoms with van der Waals surface area (Å²) in [4.78, 5) is 16.5. The Morgan fingerprint density at radius 1 is 1.33 bits per heavy atom. The number of hydrogen-bond donors (Lipinski definition) is 2. The van der Waals surface area contributed by atoms with Crippen LogP contribution in [0.4, 0.5) is 5.82 Å². The molecule has 1 amide bonds. The molecule has 0 aliphatic carbocycles. The molecule has 21 heavy (non-hydrogen) atoms. The fraction of sp³-hybridized carbons (Fsp3) is 0.333. The Morgan fingerprint density at radius 2 is 2.14 bits per heavy atom. The molecule has 6 heteroatoms. The summed E-state index contributed by atoms with van der Waals surface area (Å²) < 4.78 is 0. The molecule has 1 aromatic heterocycles. The summed E-state index contributed by atoms with van der Waals surface area (Å²) in [5.41, 5.74) is 6.46. The van der Waals surface area contributed by atoms with Gasteiger partial charge in [-0.1, -0.05) is 24.3 Å². The van der Waals surface area contributed by atoms with Gasteiger partial charge in [-0.05, 0) is 5.39 Å². The van der Waals surface area contributed by atoms with E-state index in [0.29, 0.717) is 23.2 Å². The molecule has 3 N–H and O–H groups in total. The highest BCUT2D eigenvalue weighted by Gasteiger charge is 2.17. The molecule has 1 aromatic carbocycles. The highest BCUT2D eigenvalue weighted by molar-refractivity contribution is 8.06. The molecule has 1 atom stereocenters. The first-order valence-electron chi connectivity index (χ1n) is 6.86. The number of nitrogens with two attached hydrogens (primary N) is 1. The van der Waals surface area contributed by atoms with Gasteiger partial charge in [0.25, 0.3) is 5.91 Å². The standard InChI is InChI=1S/C15H17N3OS2/c16-14-12-4-2-1-3-11(12)13(8-17-14)15(19)18-7-10-9-20-5-6-21-10/h1-4,8,10H,5-7,9H2,(H2,16,17)(H,18,19). The minimum absolute atomic E-state index is 0.0742. The highest BCUT2D eigenvalue weighted by Crippen LogP contribution is 2.24. The van der Waals surface area contributed by atoms with Gasteiger partial charge in [0.1, 0.15) is 5.82 Å². The molecule has 2 heterocycles. The average Bonchev–Trinajstić information content (AvgIpc) is 2.54. The minimum atomic E-state index is -0.0742. The van der Waals surface area contributed by atoms with Crippen LogP contribution in [0.25, 0.3) is 10.8 Å². The molecule has 1 aliphatic heterocycles. The molecule has 1 saturated heterocycles. The number of nitrogen functional groups attached to an aromatic ring is 1. The Bertz CT molecular complexity index is 656. The molecule has 1 fully saturated rings. The van der Waals surface area contributed by atoms with E-state index in [-0.39, 0.29) is 5.91 Å². The van der Waals surface area contributed by atoms with Gasteiger partial charge in [-0.2, -0.15) is 23.5 Å². The molecule has 0 spiro atoms. The number of aromatic nitrogens is 1. The Labute approximate surface area is 132 Å². The van der Waals surface area contributed by atoms with Crippen molar-refractivity contribution in [3.8, 4) is 0 Å². The van der Waals surface area contributed by atoms with Gasteiger partial charge in [-0.25, -0.2) is 4.98 Å². The van der Waals surface area contributed by atoms with Crippen molar-refractivity contribution in [1.82, 2.24) is 10.3 Å². The SMILES string of the molecule is Nc1ncc(C(=O)NCC2CSCCS2)c2ccccc12. The van der Waals surface area contributed by atoms with E-state index < -0.39 is 0 Å². The van der Waals surface area contributed by atoms with E-state index in [1.807, 2.05) is 47.8 Å². The number of nitrogens with zero attached hydrogens (tertiary/aromatic N) is 1. The number of pyridine rings is 1. The summed E-state index contributed by atoms with van der Waals surface area (Å²) in [5, 5.41) is 5.21. The van der Waals surface area contributed by atoms with E-state index in [1.165, 1.54) is 5.75 Å². The molecule has 2 aromatic rings. The van der Waals surface area contributed by atoms with Crippen LogP contribution < -0.4 is 11.1 Å². The molecular formula is C15H17N3OS2. The smallest absolute Gasteiger partial charge is 0.253 e. The first-order valence-corrected chi connectivity index (χ1v) is 9.07. The largest absolute Gasteiger partial charge is 0.383 e. The maximum Gasteiger partial charge on any atom is 0.253 e. The summed E-state index contributed by atoms with van der Waals surface area (Å²) in [6.45, 7) is 0.704. The van der Waals surface area contributed by atoms with Crippen molar-refractivity contribution >= 4 is 46.0 Å². The number of hydrogen-bond acceptors (Lipinski definition) is 5. The van der Waals surface area contributed by atoms with Crippen LogP contribution in [-0.4, -0.2) is 39.9 Å². The van der Waals surface area contributed by atoms with Crippen molar-refractivity contribution in [3.05, 3.63) is 36.0 Å². The minimum Gasteiger partial charge on any atom is -0.383 e. The van der Waals surface area contributed by atoms with Gasteiger partial charge in [0.2, 0.25) is 0 Å². The zero-order chi connectivity index (χ0) is 14.7. The van der Waals surface area contributed by atoms with Gasteiger partial charge < -0.3 is 11.1 Å². The zero-order valence-corrected chi connectivity index (χ0v) is 13.2. The van der Waals surface area contributed by atoms with Crippen molar-refractivity contribution < 1.29 is 4.79 Å². The lowest BCUT2D eigenvalue weighted by molar-refractivity contribution is 0.0955. The highest BCUT2D eigenvalue weighted by atomic mass is 32.2.